The molecule has 0 bridgehead atoms. The van der Waals surface area contributed by atoms with Gasteiger partial charge in [0.15, 0.2) is 11.2 Å². The van der Waals surface area contributed by atoms with Crippen molar-refractivity contribution in [3.63, 3.8) is 0 Å². The van der Waals surface area contributed by atoms with Gasteiger partial charge >= 0.3 is 6.01 Å². The molecule has 40 heavy (non-hydrogen) atoms. The monoisotopic (exact) mass is 558 g/mol. The number of pyridine rings is 2. The first-order valence-electron chi connectivity index (χ1n) is 11.6. The van der Waals surface area contributed by atoms with Crippen LogP contribution in [0.4, 0.5) is 12.0 Å². The van der Waals surface area contributed by atoms with Gasteiger partial charge in [0, 0.05) is 34.6 Å². The molecule has 4 heterocycles. The van der Waals surface area contributed by atoms with E-state index in [2.05, 4.69) is 25.3 Å². The number of carbonyl (C=O) groups is 2. The van der Waals surface area contributed by atoms with Crippen LogP contribution in [0.2, 0.25) is 0 Å². The lowest BCUT2D eigenvalue weighted by Gasteiger charge is -1.99. The van der Waals surface area contributed by atoms with Crippen molar-refractivity contribution >= 4 is 57.0 Å². The topological polar surface area (TPSA) is 150 Å². The molecule has 0 fully saturated rings. The maximum absolute atomic E-state index is 11.9. The van der Waals surface area contributed by atoms with Crippen molar-refractivity contribution in [1.29, 1.82) is 0 Å². The lowest BCUT2D eigenvalue weighted by Crippen LogP contribution is -2.11. The van der Waals surface area contributed by atoms with Crippen LogP contribution in [0.25, 0.3) is 22.2 Å². The third-order valence-corrected chi connectivity index (χ3v) is 5.32. The molecule has 0 spiro atoms. The zero-order chi connectivity index (χ0) is 27.8. The number of benzene rings is 2. The molecular formula is C29H27ClN6O4. The molecule has 6 aromatic rings. The maximum Gasteiger partial charge on any atom is 0.302 e. The van der Waals surface area contributed by atoms with E-state index in [1.165, 1.54) is 0 Å². The van der Waals surface area contributed by atoms with Gasteiger partial charge in [-0.2, -0.15) is 9.97 Å². The maximum atomic E-state index is 11.9. The zero-order valence-corrected chi connectivity index (χ0v) is 21.7. The largest absolute Gasteiger partial charge is 0.424 e. The molecule has 0 aliphatic rings. The quantitative estimate of drug-likeness (QED) is 0.229. The van der Waals surface area contributed by atoms with Crippen molar-refractivity contribution in [3.05, 3.63) is 108 Å². The summed E-state index contributed by atoms with van der Waals surface area (Å²) >= 11 is 5.16. The zero-order valence-electron chi connectivity index (χ0n) is 21.0. The van der Waals surface area contributed by atoms with Crippen molar-refractivity contribution < 1.29 is 18.4 Å². The average Bonchev–Trinajstić information content (AvgIpc) is 3.51. The fraction of sp³-hybridized carbons (Fsp3) is 0.103. The van der Waals surface area contributed by atoms with Crippen LogP contribution in [0.3, 0.4) is 0 Å². The number of aryl methyl sites for hydroxylation is 2. The predicted molar refractivity (Wildman–Crippen MR) is 155 cm³/mol. The standard InChI is InChI=1S/C14H11N3O2.C7H5ClO.C7H7N3O.CH4/c1-9-7-12-11(8-15-9)16-14(19-12)17-13(18)10-5-3-2-4-6-10;8-7(9)6-4-2-1-3-5-6;1-4-2-6-5(3-9-4)10-7(8)11-6;/h2-8H,1H3,(H,16,17,18);1-5H;2-3H,1H3,(H2,8,10);1H4. The van der Waals surface area contributed by atoms with Gasteiger partial charge in [0.25, 0.3) is 17.2 Å². The Balaban J connectivity index is 0.000000179. The van der Waals surface area contributed by atoms with E-state index in [9.17, 15) is 9.59 Å². The number of aromatic nitrogens is 4. The molecule has 4 aromatic heterocycles. The number of nitrogens with one attached hydrogen (secondary N) is 1. The van der Waals surface area contributed by atoms with Crippen molar-refractivity contribution in [2.75, 3.05) is 11.1 Å². The van der Waals surface area contributed by atoms with Crippen LogP contribution in [0.1, 0.15) is 39.5 Å². The molecule has 0 aliphatic carbocycles. The molecule has 6 rings (SSSR count). The van der Waals surface area contributed by atoms with Crippen LogP contribution in [-0.4, -0.2) is 31.1 Å². The van der Waals surface area contributed by atoms with E-state index in [4.69, 9.17) is 26.2 Å². The Morgan fingerprint density at radius 2 is 1.27 bits per heavy atom. The highest BCUT2D eigenvalue weighted by Crippen LogP contribution is 2.19. The van der Waals surface area contributed by atoms with Crippen LogP contribution in [0, 0.1) is 13.8 Å². The van der Waals surface area contributed by atoms with E-state index >= 15 is 0 Å². The number of nitrogens with two attached hydrogens (primary N) is 1. The second-order valence-corrected chi connectivity index (χ2v) is 8.46. The SMILES string of the molecule is C.Cc1cc2oc(N)nc2cn1.Cc1cc2oc(NC(=O)c3ccccc3)nc2cn1.O=C(Cl)c1ccccc1. The normalized spacial score (nSPS) is 9.97. The number of anilines is 2. The van der Waals surface area contributed by atoms with Gasteiger partial charge < -0.3 is 14.6 Å². The summed E-state index contributed by atoms with van der Waals surface area (Å²) in [5.41, 5.74) is 10.8. The molecule has 1 amide bonds. The van der Waals surface area contributed by atoms with Crippen molar-refractivity contribution in [2.45, 2.75) is 21.3 Å². The Bertz CT molecular complexity index is 1720. The van der Waals surface area contributed by atoms with Crippen molar-refractivity contribution in [1.82, 2.24) is 19.9 Å². The van der Waals surface area contributed by atoms with E-state index in [0.29, 0.717) is 33.3 Å². The number of hydrogen-bond acceptors (Lipinski definition) is 9. The second-order valence-electron chi connectivity index (χ2n) is 8.12. The van der Waals surface area contributed by atoms with Crippen LogP contribution in [-0.2, 0) is 0 Å². The summed E-state index contributed by atoms with van der Waals surface area (Å²) in [6.07, 6.45) is 3.26. The number of rotatable bonds is 3. The first-order chi connectivity index (χ1) is 18.8. The number of hydrogen-bond donors (Lipinski definition) is 2. The van der Waals surface area contributed by atoms with Gasteiger partial charge in [0.2, 0.25) is 0 Å². The summed E-state index contributed by atoms with van der Waals surface area (Å²) in [7, 11) is 0. The summed E-state index contributed by atoms with van der Waals surface area (Å²) in [6.45, 7) is 3.75. The molecule has 11 heteroatoms. The number of amides is 1. The molecule has 0 saturated heterocycles. The number of carbonyl (C=O) groups excluding carboxylic acids is 2. The Morgan fingerprint density at radius 1 is 0.775 bits per heavy atom. The summed E-state index contributed by atoms with van der Waals surface area (Å²) in [5.74, 6) is -0.253. The molecular weight excluding hydrogens is 532 g/mol. The van der Waals surface area contributed by atoms with E-state index in [-0.39, 0.29) is 25.4 Å². The highest BCUT2D eigenvalue weighted by molar-refractivity contribution is 6.67. The van der Waals surface area contributed by atoms with Gasteiger partial charge in [-0.25, -0.2) is 0 Å². The summed E-state index contributed by atoms with van der Waals surface area (Å²) in [4.78, 5) is 38.6. The van der Waals surface area contributed by atoms with Crippen LogP contribution >= 0.6 is 11.6 Å². The molecule has 0 saturated carbocycles. The van der Waals surface area contributed by atoms with Crippen LogP contribution in [0.5, 0.6) is 0 Å². The highest BCUT2D eigenvalue weighted by atomic mass is 35.5. The lowest BCUT2D eigenvalue weighted by molar-refractivity contribution is 0.102. The smallest absolute Gasteiger partial charge is 0.302 e. The van der Waals surface area contributed by atoms with Crippen LogP contribution in [0.15, 0.2) is 94.0 Å². The van der Waals surface area contributed by atoms with Crippen molar-refractivity contribution in [2.24, 2.45) is 0 Å². The fourth-order valence-corrected chi connectivity index (χ4v) is 3.38. The summed E-state index contributed by atoms with van der Waals surface area (Å²) in [6, 6.07) is 21.6. The molecule has 0 unspecified atom stereocenters. The minimum atomic E-state index is -0.407. The average molecular weight is 559 g/mol. The first kappa shape index (κ1) is 29.5. The lowest BCUT2D eigenvalue weighted by atomic mass is 10.2. The molecule has 204 valence electrons. The van der Waals surface area contributed by atoms with Gasteiger partial charge in [-0.15, -0.1) is 0 Å². The molecule has 0 atom stereocenters. The minimum Gasteiger partial charge on any atom is -0.424 e. The third kappa shape index (κ3) is 7.95. The molecule has 10 nitrogen and oxygen atoms in total. The summed E-state index contributed by atoms with van der Waals surface area (Å²) in [5, 5.41) is 2.22. The number of nitrogens with zero attached hydrogens (tertiary/aromatic N) is 4. The number of oxazole rings is 2. The summed E-state index contributed by atoms with van der Waals surface area (Å²) < 4.78 is 10.5. The predicted octanol–water partition coefficient (Wildman–Crippen LogP) is 6.60. The van der Waals surface area contributed by atoms with Gasteiger partial charge in [0.05, 0.1) is 12.4 Å². The van der Waals surface area contributed by atoms with Crippen LogP contribution < -0.4 is 11.1 Å². The molecule has 0 aliphatic heterocycles. The highest BCUT2D eigenvalue weighted by Gasteiger charge is 2.11. The van der Waals surface area contributed by atoms with Gasteiger partial charge in [-0.1, -0.05) is 56.0 Å². The number of fused-ring (bicyclic) bond motifs is 2. The number of nitrogen functional groups attached to an aromatic ring is 1. The number of halogens is 1. The van der Waals surface area contributed by atoms with E-state index < -0.39 is 5.24 Å². The van der Waals surface area contributed by atoms with Gasteiger partial charge in [-0.3, -0.25) is 24.9 Å². The van der Waals surface area contributed by atoms with E-state index in [1.54, 1.807) is 73.1 Å². The Morgan fingerprint density at radius 3 is 1.80 bits per heavy atom. The molecule has 2 aromatic carbocycles. The van der Waals surface area contributed by atoms with Crippen molar-refractivity contribution in [3.8, 4) is 0 Å². The minimum absolute atomic E-state index is 0. The van der Waals surface area contributed by atoms with Gasteiger partial charge in [0.1, 0.15) is 11.0 Å². The molecule has 3 N–H and O–H groups in total. The second kappa shape index (κ2) is 13.6. The van der Waals surface area contributed by atoms with E-state index in [0.717, 1.165) is 11.4 Å². The Labute approximate surface area is 235 Å². The Kier molecular flexibility index (Phi) is 10.0. The first-order valence-corrected chi connectivity index (χ1v) is 12.0. The fourth-order valence-electron chi connectivity index (χ4n) is 3.26. The van der Waals surface area contributed by atoms with Gasteiger partial charge in [-0.05, 0) is 37.6 Å². The third-order valence-electron chi connectivity index (χ3n) is 5.10. The Hall–Kier alpha value is -5.09. The van der Waals surface area contributed by atoms with E-state index in [1.807, 2.05) is 26.0 Å². The molecule has 0 radical (unpaired) electrons.